The zero-order chi connectivity index (χ0) is 12.8. The molecule has 0 bridgehead atoms. The molecule has 1 aromatic carbocycles. The van der Waals surface area contributed by atoms with Crippen molar-refractivity contribution in [3.05, 3.63) is 24.3 Å². The summed E-state index contributed by atoms with van der Waals surface area (Å²) in [4.78, 5) is 0. The van der Waals surface area contributed by atoms with Gasteiger partial charge < -0.3 is 14.9 Å². The quantitative estimate of drug-likeness (QED) is 0.861. The Bertz CT molecular complexity index is 347. The maximum Gasteiger partial charge on any atom is 0.119 e. The number of rotatable bonds is 5. The molecule has 0 spiro atoms. The summed E-state index contributed by atoms with van der Waals surface area (Å²) in [6.45, 7) is 0.740. The van der Waals surface area contributed by atoms with Crippen LogP contribution in [0.3, 0.4) is 0 Å². The molecule has 100 valence electrons. The van der Waals surface area contributed by atoms with Crippen LogP contribution in [0.4, 0.5) is 0 Å². The summed E-state index contributed by atoms with van der Waals surface area (Å²) in [5.74, 6) is 4.18. The predicted octanol–water partition coefficient (Wildman–Crippen LogP) is 2.52. The minimum absolute atomic E-state index is 0.188. The summed E-state index contributed by atoms with van der Waals surface area (Å²) >= 11 is 1.99. The number of benzene rings is 1. The molecule has 1 unspecified atom stereocenters. The molecule has 1 aromatic rings. The number of phenolic OH excluding ortho intramolecular Hbond substituents is 1. The van der Waals surface area contributed by atoms with Crippen LogP contribution in [-0.2, 0) is 0 Å². The van der Waals surface area contributed by atoms with E-state index < -0.39 is 0 Å². The lowest BCUT2D eigenvalue weighted by atomic mass is 9.88. The van der Waals surface area contributed by atoms with Gasteiger partial charge in [-0.2, -0.15) is 11.8 Å². The van der Waals surface area contributed by atoms with Gasteiger partial charge in [-0.05, 0) is 54.5 Å². The number of hydrogen-bond donors (Lipinski definition) is 2. The van der Waals surface area contributed by atoms with Crippen molar-refractivity contribution in [3.8, 4) is 11.5 Å². The Morgan fingerprint density at radius 1 is 1.22 bits per heavy atom. The molecule has 0 amide bonds. The minimum atomic E-state index is 0.188. The van der Waals surface area contributed by atoms with Crippen molar-refractivity contribution in [3.63, 3.8) is 0 Å². The summed E-state index contributed by atoms with van der Waals surface area (Å²) in [6.07, 6.45) is 2.35. The zero-order valence-corrected chi connectivity index (χ0v) is 11.2. The van der Waals surface area contributed by atoms with E-state index in [9.17, 15) is 10.2 Å². The molecule has 2 rings (SSSR count). The third-order valence-electron chi connectivity index (χ3n) is 3.47. The Morgan fingerprint density at radius 2 is 1.89 bits per heavy atom. The zero-order valence-electron chi connectivity index (χ0n) is 10.4. The first-order valence-corrected chi connectivity index (χ1v) is 7.55. The summed E-state index contributed by atoms with van der Waals surface area (Å²) in [7, 11) is 0. The molecule has 1 aliphatic rings. The van der Waals surface area contributed by atoms with Gasteiger partial charge in [-0.25, -0.2) is 0 Å². The van der Waals surface area contributed by atoms with Gasteiger partial charge in [-0.15, -0.1) is 0 Å². The van der Waals surface area contributed by atoms with Gasteiger partial charge in [-0.3, -0.25) is 0 Å². The van der Waals surface area contributed by atoms with Gasteiger partial charge >= 0.3 is 0 Å². The van der Waals surface area contributed by atoms with Gasteiger partial charge in [0.25, 0.3) is 0 Å². The van der Waals surface area contributed by atoms with Crippen molar-refractivity contribution in [1.29, 1.82) is 0 Å². The first-order chi connectivity index (χ1) is 8.79. The van der Waals surface area contributed by atoms with Crippen molar-refractivity contribution >= 4 is 11.8 Å². The van der Waals surface area contributed by atoms with Crippen molar-refractivity contribution < 1.29 is 14.9 Å². The Balaban J connectivity index is 1.84. The molecule has 0 aliphatic carbocycles. The fraction of sp³-hybridized carbons (Fsp3) is 0.571. The highest BCUT2D eigenvalue weighted by Crippen LogP contribution is 2.29. The first kappa shape index (κ1) is 13.6. The monoisotopic (exact) mass is 268 g/mol. The van der Waals surface area contributed by atoms with E-state index in [-0.39, 0.29) is 18.3 Å². The Kier molecular flexibility index (Phi) is 5.20. The minimum Gasteiger partial charge on any atom is -0.508 e. The van der Waals surface area contributed by atoms with Crippen molar-refractivity contribution in [1.82, 2.24) is 0 Å². The molecule has 3 nitrogen and oxygen atoms in total. The van der Waals surface area contributed by atoms with E-state index in [1.54, 1.807) is 24.3 Å². The number of aliphatic hydroxyl groups excluding tert-OH is 1. The van der Waals surface area contributed by atoms with Crippen molar-refractivity contribution in [2.45, 2.75) is 12.8 Å². The second-order valence-corrected chi connectivity index (χ2v) is 5.92. The fourth-order valence-corrected chi connectivity index (χ4v) is 3.41. The standard InChI is InChI=1S/C14H20O3S/c15-9-12(11-5-7-18-8-6-11)10-17-14-3-1-13(16)2-4-14/h1-4,11-12,15-16H,5-10H2. The second-order valence-electron chi connectivity index (χ2n) is 4.70. The van der Waals surface area contributed by atoms with E-state index in [4.69, 9.17) is 4.74 Å². The summed E-state index contributed by atoms with van der Waals surface area (Å²) in [6, 6.07) is 6.72. The van der Waals surface area contributed by atoms with Crippen LogP contribution < -0.4 is 4.74 Å². The number of hydrogen-bond acceptors (Lipinski definition) is 4. The highest BCUT2D eigenvalue weighted by atomic mass is 32.2. The molecule has 1 aliphatic heterocycles. The van der Waals surface area contributed by atoms with E-state index in [1.807, 2.05) is 11.8 Å². The molecule has 1 atom stereocenters. The molecule has 0 radical (unpaired) electrons. The molecular weight excluding hydrogens is 248 g/mol. The molecule has 4 heteroatoms. The highest BCUT2D eigenvalue weighted by molar-refractivity contribution is 7.99. The predicted molar refractivity (Wildman–Crippen MR) is 74.2 cm³/mol. The Morgan fingerprint density at radius 3 is 2.50 bits per heavy atom. The molecule has 1 fully saturated rings. The largest absolute Gasteiger partial charge is 0.508 e. The molecule has 0 aromatic heterocycles. The van der Waals surface area contributed by atoms with E-state index in [2.05, 4.69) is 0 Å². The van der Waals surface area contributed by atoms with Gasteiger partial charge in [0.05, 0.1) is 6.61 Å². The SMILES string of the molecule is OCC(COc1ccc(O)cc1)C1CCSCC1. The van der Waals surface area contributed by atoms with Gasteiger partial charge in [0.2, 0.25) is 0 Å². The molecule has 1 heterocycles. The maximum absolute atomic E-state index is 9.47. The van der Waals surface area contributed by atoms with Gasteiger partial charge in [0.15, 0.2) is 0 Å². The molecule has 1 saturated heterocycles. The number of aliphatic hydroxyl groups is 1. The Hall–Kier alpha value is -0.870. The molecule has 18 heavy (non-hydrogen) atoms. The van der Waals surface area contributed by atoms with Crippen LogP contribution in [0.1, 0.15) is 12.8 Å². The van der Waals surface area contributed by atoms with E-state index in [0.29, 0.717) is 12.5 Å². The van der Waals surface area contributed by atoms with Crippen molar-refractivity contribution in [2.24, 2.45) is 11.8 Å². The lowest BCUT2D eigenvalue weighted by molar-refractivity contribution is 0.113. The van der Waals surface area contributed by atoms with Gasteiger partial charge in [0, 0.05) is 12.5 Å². The summed E-state index contributed by atoms with van der Waals surface area (Å²) in [5, 5.41) is 18.7. The van der Waals surface area contributed by atoms with Crippen LogP contribution in [0.5, 0.6) is 11.5 Å². The molecular formula is C14H20O3S. The summed E-state index contributed by atoms with van der Waals surface area (Å²) in [5.41, 5.74) is 0. The number of thioether (sulfide) groups is 1. The van der Waals surface area contributed by atoms with Gasteiger partial charge in [0.1, 0.15) is 11.5 Å². The van der Waals surface area contributed by atoms with Crippen molar-refractivity contribution in [2.75, 3.05) is 24.7 Å². The van der Waals surface area contributed by atoms with Gasteiger partial charge in [-0.1, -0.05) is 0 Å². The van der Waals surface area contributed by atoms with Crippen LogP contribution in [0.15, 0.2) is 24.3 Å². The molecule has 0 saturated carbocycles. The first-order valence-electron chi connectivity index (χ1n) is 6.40. The Labute approximate surface area is 112 Å². The van der Waals surface area contributed by atoms with E-state index in [1.165, 1.54) is 24.3 Å². The highest BCUT2D eigenvalue weighted by Gasteiger charge is 2.23. The number of phenols is 1. The van der Waals surface area contributed by atoms with Crippen LogP contribution in [0, 0.1) is 11.8 Å². The molecule has 2 N–H and O–H groups in total. The van der Waals surface area contributed by atoms with Crippen LogP contribution >= 0.6 is 11.8 Å². The average Bonchev–Trinajstić information content (AvgIpc) is 2.43. The fourth-order valence-electron chi connectivity index (χ4n) is 2.27. The van der Waals surface area contributed by atoms with E-state index in [0.717, 1.165) is 5.75 Å². The maximum atomic E-state index is 9.47. The average molecular weight is 268 g/mol. The van der Waals surface area contributed by atoms with E-state index >= 15 is 0 Å². The topological polar surface area (TPSA) is 49.7 Å². The second kappa shape index (κ2) is 6.90. The third kappa shape index (κ3) is 3.82. The third-order valence-corrected chi connectivity index (χ3v) is 4.52. The number of ether oxygens (including phenoxy) is 1. The number of aromatic hydroxyl groups is 1. The summed E-state index contributed by atoms with van der Waals surface area (Å²) < 4.78 is 5.69. The van der Waals surface area contributed by atoms with Crippen LogP contribution in [-0.4, -0.2) is 34.9 Å². The normalized spacial score (nSPS) is 18.5. The smallest absolute Gasteiger partial charge is 0.119 e. The lowest BCUT2D eigenvalue weighted by Crippen LogP contribution is -2.28. The van der Waals surface area contributed by atoms with Crippen LogP contribution in [0.2, 0.25) is 0 Å². The van der Waals surface area contributed by atoms with Crippen LogP contribution in [0.25, 0.3) is 0 Å². The lowest BCUT2D eigenvalue weighted by Gasteiger charge is -2.28.